The number of carboxylic acids is 1. The molecule has 0 aromatic heterocycles. The fraction of sp³-hybridized carbons (Fsp3) is 0.833. The molecule has 1 rings (SSSR count). The third-order valence-electron chi connectivity index (χ3n) is 1.78. The number of hydrogen-bond donors (Lipinski definition) is 2. The number of hydrogen-bond acceptors (Lipinski definition) is 4. The first-order valence-electron chi connectivity index (χ1n) is 3.65. The van der Waals surface area contributed by atoms with Crippen LogP contribution in [-0.4, -0.2) is 44.1 Å². The third kappa shape index (κ3) is 2.46. The largest absolute Gasteiger partial charge is 0.481 e. The quantitative estimate of drug-likeness (QED) is 0.541. The molecule has 5 nitrogen and oxygen atoms in total. The van der Waals surface area contributed by atoms with E-state index in [1.54, 1.807) is 0 Å². The van der Waals surface area contributed by atoms with Gasteiger partial charge in [0.2, 0.25) is 0 Å². The summed E-state index contributed by atoms with van der Waals surface area (Å²) in [6.07, 6.45) is 0. The van der Waals surface area contributed by atoms with Crippen molar-refractivity contribution in [2.45, 2.75) is 0 Å². The van der Waals surface area contributed by atoms with Gasteiger partial charge in [-0.15, -0.1) is 0 Å². The minimum Gasteiger partial charge on any atom is -0.481 e. The number of carbonyl (C=O) groups is 1. The Labute approximate surface area is 70.7 Å². The highest BCUT2D eigenvalue weighted by molar-refractivity contribution is 7.91. The van der Waals surface area contributed by atoms with Gasteiger partial charge in [-0.2, -0.15) is 0 Å². The Balaban J connectivity index is 2.73. The third-order valence-corrected chi connectivity index (χ3v) is 3.52. The molecule has 0 aromatic carbocycles. The number of rotatable bonds is 1. The monoisotopic (exact) mass is 193 g/mol. The molecule has 1 atom stereocenters. The zero-order valence-corrected chi connectivity index (χ0v) is 7.30. The number of nitrogens with one attached hydrogen (secondary N) is 1. The standard InChI is InChI=1S/C6H11NO4S/c8-6(9)5-3-7-1-2-12(10,11)4-5/h5,7H,1-4H2,(H,8,9). The second kappa shape index (κ2) is 3.40. The van der Waals surface area contributed by atoms with E-state index in [1.807, 2.05) is 0 Å². The Bertz CT molecular complexity index is 271. The average molecular weight is 193 g/mol. The van der Waals surface area contributed by atoms with Crippen molar-refractivity contribution in [2.75, 3.05) is 24.6 Å². The van der Waals surface area contributed by atoms with Crippen LogP contribution in [0.4, 0.5) is 0 Å². The Morgan fingerprint density at radius 2 is 2.17 bits per heavy atom. The van der Waals surface area contributed by atoms with Gasteiger partial charge in [0.1, 0.15) is 0 Å². The van der Waals surface area contributed by atoms with Gasteiger partial charge in [-0.05, 0) is 0 Å². The predicted molar refractivity (Wildman–Crippen MR) is 42.6 cm³/mol. The van der Waals surface area contributed by atoms with Crippen molar-refractivity contribution in [3.63, 3.8) is 0 Å². The van der Waals surface area contributed by atoms with Crippen LogP contribution in [0.5, 0.6) is 0 Å². The van der Waals surface area contributed by atoms with Crippen LogP contribution >= 0.6 is 0 Å². The smallest absolute Gasteiger partial charge is 0.308 e. The molecule has 0 radical (unpaired) electrons. The molecular weight excluding hydrogens is 182 g/mol. The van der Waals surface area contributed by atoms with Crippen LogP contribution < -0.4 is 5.32 Å². The molecule has 0 spiro atoms. The molecule has 12 heavy (non-hydrogen) atoms. The molecule has 1 unspecified atom stereocenters. The lowest BCUT2D eigenvalue weighted by Crippen LogP contribution is -2.29. The summed E-state index contributed by atoms with van der Waals surface area (Å²) in [5, 5.41) is 11.4. The van der Waals surface area contributed by atoms with Gasteiger partial charge in [0.25, 0.3) is 0 Å². The number of carboxylic acid groups (broad SMARTS) is 1. The maximum Gasteiger partial charge on any atom is 0.308 e. The lowest BCUT2D eigenvalue weighted by molar-refractivity contribution is -0.140. The van der Waals surface area contributed by atoms with E-state index in [9.17, 15) is 13.2 Å². The summed E-state index contributed by atoms with van der Waals surface area (Å²) < 4.78 is 22.2. The van der Waals surface area contributed by atoms with Gasteiger partial charge in [-0.3, -0.25) is 4.79 Å². The molecule has 1 heterocycles. The van der Waals surface area contributed by atoms with Crippen molar-refractivity contribution in [3.8, 4) is 0 Å². The van der Waals surface area contributed by atoms with Crippen molar-refractivity contribution >= 4 is 15.8 Å². The zero-order valence-electron chi connectivity index (χ0n) is 6.49. The van der Waals surface area contributed by atoms with Crippen LogP contribution in [0, 0.1) is 5.92 Å². The van der Waals surface area contributed by atoms with Gasteiger partial charge in [-0.25, -0.2) is 8.42 Å². The van der Waals surface area contributed by atoms with Gasteiger partial charge >= 0.3 is 5.97 Å². The molecule has 70 valence electrons. The fourth-order valence-corrected chi connectivity index (χ4v) is 2.61. The number of sulfone groups is 1. The Hall–Kier alpha value is -0.620. The lowest BCUT2D eigenvalue weighted by atomic mass is 10.2. The molecule has 0 saturated carbocycles. The van der Waals surface area contributed by atoms with E-state index in [2.05, 4.69) is 5.32 Å². The molecule has 1 fully saturated rings. The molecule has 0 bridgehead atoms. The van der Waals surface area contributed by atoms with E-state index >= 15 is 0 Å². The van der Waals surface area contributed by atoms with Crippen LogP contribution in [0.2, 0.25) is 0 Å². The van der Waals surface area contributed by atoms with Gasteiger partial charge < -0.3 is 10.4 Å². The Kier molecular flexibility index (Phi) is 2.69. The summed E-state index contributed by atoms with van der Waals surface area (Å²) in [6.45, 7) is 0.598. The van der Waals surface area contributed by atoms with Gasteiger partial charge in [0.05, 0.1) is 17.4 Å². The molecule has 6 heteroatoms. The van der Waals surface area contributed by atoms with Crippen molar-refractivity contribution in [3.05, 3.63) is 0 Å². The molecule has 0 aliphatic carbocycles. The SMILES string of the molecule is O=C(O)C1CNCCS(=O)(=O)C1. The van der Waals surface area contributed by atoms with Gasteiger partial charge in [0.15, 0.2) is 9.84 Å². The first-order chi connectivity index (χ1) is 5.51. The lowest BCUT2D eigenvalue weighted by Gasteiger charge is -2.06. The van der Waals surface area contributed by atoms with E-state index in [1.165, 1.54) is 0 Å². The summed E-state index contributed by atoms with van der Waals surface area (Å²) in [5.41, 5.74) is 0. The summed E-state index contributed by atoms with van der Waals surface area (Å²) in [6, 6.07) is 0. The number of aliphatic carboxylic acids is 1. The molecule has 1 aliphatic heterocycles. The second-order valence-corrected chi connectivity index (χ2v) is 5.08. The average Bonchev–Trinajstić information content (AvgIpc) is 2.10. The summed E-state index contributed by atoms with van der Waals surface area (Å²) in [7, 11) is -3.16. The van der Waals surface area contributed by atoms with Crippen LogP contribution in [0.3, 0.4) is 0 Å². The highest BCUT2D eigenvalue weighted by Gasteiger charge is 2.27. The minimum atomic E-state index is -3.16. The maximum atomic E-state index is 11.1. The minimum absolute atomic E-state index is 0.0385. The van der Waals surface area contributed by atoms with Crippen LogP contribution in [0.25, 0.3) is 0 Å². The van der Waals surface area contributed by atoms with Gasteiger partial charge in [-0.1, -0.05) is 0 Å². The maximum absolute atomic E-state index is 11.1. The van der Waals surface area contributed by atoms with Crippen LogP contribution in [-0.2, 0) is 14.6 Å². The highest BCUT2D eigenvalue weighted by atomic mass is 32.2. The normalized spacial score (nSPS) is 29.2. The molecule has 0 amide bonds. The molecule has 2 N–H and O–H groups in total. The van der Waals surface area contributed by atoms with Crippen molar-refractivity contribution in [1.82, 2.24) is 5.32 Å². The topological polar surface area (TPSA) is 83.5 Å². The first kappa shape index (κ1) is 9.47. The first-order valence-corrected chi connectivity index (χ1v) is 5.47. The molecule has 0 aromatic rings. The Morgan fingerprint density at radius 1 is 1.50 bits per heavy atom. The second-order valence-electron chi connectivity index (χ2n) is 2.85. The van der Waals surface area contributed by atoms with Crippen molar-refractivity contribution in [2.24, 2.45) is 5.92 Å². The van der Waals surface area contributed by atoms with Crippen molar-refractivity contribution < 1.29 is 18.3 Å². The molecular formula is C6H11NO4S. The van der Waals surface area contributed by atoms with Crippen LogP contribution in [0.1, 0.15) is 0 Å². The highest BCUT2D eigenvalue weighted by Crippen LogP contribution is 2.05. The molecule has 1 saturated heterocycles. The summed E-state index contributed by atoms with van der Waals surface area (Å²) in [4.78, 5) is 10.5. The van der Waals surface area contributed by atoms with Gasteiger partial charge in [0, 0.05) is 13.1 Å². The predicted octanol–water partition coefficient (Wildman–Crippen LogP) is -1.29. The molecule has 1 aliphatic rings. The summed E-state index contributed by atoms with van der Waals surface area (Å²) in [5.74, 6) is -2.04. The van der Waals surface area contributed by atoms with E-state index in [-0.39, 0.29) is 18.1 Å². The summed E-state index contributed by atoms with van der Waals surface area (Å²) >= 11 is 0. The van der Waals surface area contributed by atoms with E-state index in [0.29, 0.717) is 6.54 Å². The Morgan fingerprint density at radius 3 is 2.75 bits per heavy atom. The van der Waals surface area contributed by atoms with E-state index in [4.69, 9.17) is 5.11 Å². The zero-order chi connectivity index (χ0) is 9.19. The van der Waals surface area contributed by atoms with E-state index in [0.717, 1.165) is 0 Å². The van der Waals surface area contributed by atoms with Crippen LogP contribution in [0.15, 0.2) is 0 Å². The van der Waals surface area contributed by atoms with Crippen molar-refractivity contribution in [1.29, 1.82) is 0 Å². The van der Waals surface area contributed by atoms with E-state index < -0.39 is 21.7 Å². The fourth-order valence-electron chi connectivity index (χ4n) is 1.11.